The van der Waals surface area contributed by atoms with E-state index in [4.69, 9.17) is 4.74 Å². The van der Waals surface area contributed by atoms with Gasteiger partial charge in [-0.2, -0.15) is 0 Å². The number of rotatable bonds is 1. The van der Waals surface area contributed by atoms with Gasteiger partial charge in [0.05, 0.1) is 25.0 Å². The molecule has 18 heavy (non-hydrogen) atoms. The molecule has 1 aromatic carbocycles. The van der Waals surface area contributed by atoms with Crippen LogP contribution in [0, 0.1) is 0 Å². The number of hydrogen-bond donors (Lipinski definition) is 2. The number of methoxy groups -OCH3 is 1. The average molecular weight is 247 g/mol. The van der Waals surface area contributed by atoms with Crippen molar-refractivity contribution in [3.63, 3.8) is 0 Å². The summed E-state index contributed by atoms with van der Waals surface area (Å²) < 4.78 is 5.11. The molecule has 1 fully saturated rings. The zero-order chi connectivity index (χ0) is 12.7. The summed E-state index contributed by atoms with van der Waals surface area (Å²) in [4.78, 5) is 25.5. The third-order valence-electron chi connectivity index (χ3n) is 3.22. The molecule has 1 unspecified atom stereocenters. The van der Waals surface area contributed by atoms with E-state index in [1.807, 2.05) is 0 Å². The predicted octanol–water partition coefficient (Wildman–Crippen LogP) is -0.0479. The van der Waals surface area contributed by atoms with Crippen LogP contribution in [-0.4, -0.2) is 38.1 Å². The Balaban J connectivity index is 2.09. The van der Waals surface area contributed by atoms with Crippen LogP contribution in [0.4, 0.5) is 11.4 Å². The molecule has 2 N–H and O–H groups in total. The van der Waals surface area contributed by atoms with Crippen molar-refractivity contribution in [3.05, 3.63) is 18.2 Å². The number of nitrogens with zero attached hydrogens (tertiary/aromatic N) is 1. The van der Waals surface area contributed by atoms with Crippen LogP contribution in [0.1, 0.15) is 0 Å². The van der Waals surface area contributed by atoms with Gasteiger partial charge in [0, 0.05) is 12.6 Å². The molecule has 2 aliphatic heterocycles. The molecule has 1 atom stereocenters. The van der Waals surface area contributed by atoms with Crippen molar-refractivity contribution in [2.45, 2.75) is 6.04 Å². The van der Waals surface area contributed by atoms with E-state index in [0.717, 1.165) is 5.69 Å². The van der Waals surface area contributed by atoms with Gasteiger partial charge in [-0.25, -0.2) is 0 Å². The normalized spacial score (nSPS) is 22.1. The molecule has 0 aliphatic carbocycles. The maximum absolute atomic E-state index is 12.0. The molecule has 1 saturated heterocycles. The number of fused-ring (bicyclic) bond motifs is 3. The Labute approximate surface area is 104 Å². The van der Waals surface area contributed by atoms with Crippen LogP contribution in [0.5, 0.6) is 5.75 Å². The fourth-order valence-electron chi connectivity index (χ4n) is 2.35. The topological polar surface area (TPSA) is 70.7 Å². The SMILES string of the molecule is COc1ccc2c(c1)NC(=O)C1CNCC(=O)N21. The van der Waals surface area contributed by atoms with Gasteiger partial charge in [-0.3, -0.25) is 14.5 Å². The minimum atomic E-state index is -0.466. The number of amides is 2. The zero-order valence-corrected chi connectivity index (χ0v) is 9.90. The molecular weight excluding hydrogens is 234 g/mol. The number of carbonyl (C=O) groups is 2. The highest BCUT2D eigenvalue weighted by atomic mass is 16.5. The molecule has 2 aliphatic rings. The van der Waals surface area contributed by atoms with Crippen LogP contribution in [0.25, 0.3) is 0 Å². The largest absolute Gasteiger partial charge is 0.497 e. The molecular formula is C12H13N3O3. The minimum absolute atomic E-state index is 0.0903. The van der Waals surface area contributed by atoms with Gasteiger partial charge in [0.15, 0.2) is 0 Å². The van der Waals surface area contributed by atoms with Crippen molar-refractivity contribution in [1.29, 1.82) is 0 Å². The van der Waals surface area contributed by atoms with Gasteiger partial charge in [0.1, 0.15) is 11.8 Å². The Hall–Kier alpha value is -2.08. The summed E-state index contributed by atoms with van der Waals surface area (Å²) in [5, 5.41) is 5.74. The van der Waals surface area contributed by atoms with Crippen molar-refractivity contribution in [2.24, 2.45) is 0 Å². The van der Waals surface area contributed by atoms with E-state index in [0.29, 0.717) is 18.0 Å². The number of piperazine rings is 1. The minimum Gasteiger partial charge on any atom is -0.497 e. The van der Waals surface area contributed by atoms with E-state index in [1.165, 1.54) is 0 Å². The first-order valence-electron chi connectivity index (χ1n) is 5.72. The van der Waals surface area contributed by atoms with Crippen molar-refractivity contribution in [2.75, 3.05) is 30.4 Å². The lowest BCUT2D eigenvalue weighted by molar-refractivity contribution is -0.124. The van der Waals surface area contributed by atoms with E-state index in [1.54, 1.807) is 30.2 Å². The highest BCUT2D eigenvalue weighted by molar-refractivity contribution is 6.13. The summed E-state index contributed by atoms with van der Waals surface area (Å²) in [7, 11) is 1.56. The van der Waals surface area contributed by atoms with Gasteiger partial charge in [-0.15, -0.1) is 0 Å². The third kappa shape index (κ3) is 1.53. The highest BCUT2D eigenvalue weighted by Crippen LogP contribution is 2.35. The number of hydrogen-bond acceptors (Lipinski definition) is 4. The van der Waals surface area contributed by atoms with Crippen LogP contribution >= 0.6 is 0 Å². The van der Waals surface area contributed by atoms with Crippen molar-refractivity contribution in [1.82, 2.24) is 5.32 Å². The third-order valence-corrected chi connectivity index (χ3v) is 3.22. The first kappa shape index (κ1) is 11.0. The molecule has 3 rings (SSSR count). The predicted molar refractivity (Wildman–Crippen MR) is 65.8 cm³/mol. The standard InChI is InChI=1S/C12H13N3O3/c1-18-7-2-3-9-8(4-7)14-12(17)10-5-13-6-11(16)15(9)10/h2-4,10,13H,5-6H2,1H3,(H,14,17). The van der Waals surface area contributed by atoms with Crippen molar-refractivity contribution in [3.8, 4) is 5.75 Å². The summed E-state index contributed by atoms with van der Waals surface area (Å²) in [6.45, 7) is 0.734. The Morgan fingerprint density at radius 2 is 2.22 bits per heavy atom. The van der Waals surface area contributed by atoms with E-state index in [-0.39, 0.29) is 18.4 Å². The van der Waals surface area contributed by atoms with Gasteiger partial charge < -0.3 is 15.4 Å². The van der Waals surface area contributed by atoms with E-state index >= 15 is 0 Å². The van der Waals surface area contributed by atoms with Gasteiger partial charge in [-0.05, 0) is 12.1 Å². The molecule has 1 aromatic rings. The molecule has 94 valence electrons. The highest BCUT2D eigenvalue weighted by Gasteiger charge is 2.39. The molecule has 0 saturated carbocycles. The molecule has 0 aromatic heterocycles. The summed E-state index contributed by atoms with van der Waals surface area (Å²) in [5.41, 5.74) is 1.35. The van der Waals surface area contributed by atoms with Crippen molar-refractivity contribution >= 4 is 23.2 Å². The van der Waals surface area contributed by atoms with Crippen LogP contribution < -0.4 is 20.3 Å². The molecule has 6 heteroatoms. The lowest BCUT2D eigenvalue weighted by Crippen LogP contribution is -2.61. The molecule has 2 heterocycles. The van der Waals surface area contributed by atoms with Gasteiger partial charge in [-0.1, -0.05) is 0 Å². The quantitative estimate of drug-likeness (QED) is 0.730. The molecule has 0 radical (unpaired) electrons. The van der Waals surface area contributed by atoms with Gasteiger partial charge in [0.25, 0.3) is 0 Å². The number of anilines is 2. The Morgan fingerprint density at radius 3 is 3.00 bits per heavy atom. The van der Waals surface area contributed by atoms with Gasteiger partial charge >= 0.3 is 0 Å². The van der Waals surface area contributed by atoms with E-state index in [9.17, 15) is 9.59 Å². The first-order valence-corrected chi connectivity index (χ1v) is 5.72. The maximum Gasteiger partial charge on any atom is 0.248 e. The fraction of sp³-hybridized carbons (Fsp3) is 0.333. The smallest absolute Gasteiger partial charge is 0.248 e. The monoisotopic (exact) mass is 247 g/mol. The van der Waals surface area contributed by atoms with Crippen LogP contribution in [-0.2, 0) is 9.59 Å². The summed E-state index contributed by atoms with van der Waals surface area (Å²) in [6, 6.07) is 4.83. The number of carbonyl (C=O) groups excluding carboxylic acids is 2. The Kier molecular flexibility index (Phi) is 2.45. The van der Waals surface area contributed by atoms with E-state index < -0.39 is 6.04 Å². The Morgan fingerprint density at radius 1 is 1.39 bits per heavy atom. The lowest BCUT2D eigenvalue weighted by Gasteiger charge is -2.39. The first-order chi connectivity index (χ1) is 8.70. The van der Waals surface area contributed by atoms with Crippen LogP contribution in [0.15, 0.2) is 18.2 Å². The maximum atomic E-state index is 12.0. The van der Waals surface area contributed by atoms with Gasteiger partial charge in [0.2, 0.25) is 11.8 Å². The summed E-state index contributed by atoms with van der Waals surface area (Å²) >= 11 is 0. The zero-order valence-electron chi connectivity index (χ0n) is 9.90. The number of benzene rings is 1. The van der Waals surface area contributed by atoms with Crippen LogP contribution in [0.3, 0.4) is 0 Å². The lowest BCUT2D eigenvalue weighted by atomic mass is 10.1. The van der Waals surface area contributed by atoms with Crippen molar-refractivity contribution < 1.29 is 14.3 Å². The fourth-order valence-corrected chi connectivity index (χ4v) is 2.35. The summed E-state index contributed by atoms with van der Waals surface area (Å²) in [6.07, 6.45) is 0. The number of ether oxygens (including phenoxy) is 1. The number of nitrogens with one attached hydrogen (secondary N) is 2. The summed E-state index contributed by atoms with van der Waals surface area (Å²) in [5.74, 6) is 0.388. The average Bonchev–Trinajstić information content (AvgIpc) is 2.38. The molecule has 0 bridgehead atoms. The Bertz CT molecular complexity index is 529. The van der Waals surface area contributed by atoms with Crippen LogP contribution in [0.2, 0.25) is 0 Å². The second kappa shape index (κ2) is 3.99. The second-order valence-corrected chi connectivity index (χ2v) is 4.28. The van der Waals surface area contributed by atoms with E-state index in [2.05, 4.69) is 10.6 Å². The molecule has 2 amide bonds. The molecule has 0 spiro atoms. The molecule has 6 nitrogen and oxygen atoms in total. The second-order valence-electron chi connectivity index (χ2n) is 4.28.